The van der Waals surface area contributed by atoms with Crippen molar-refractivity contribution in [3.8, 4) is 0 Å². The summed E-state index contributed by atoms with van der Waals surface area (Å²) in [5, 5.41) is 12.1. The van der Waals surface area contributed by atoms with Crippen LogP contribution in [-0.2, 0) is 12.8 Å². The predicted molar refractivity (Wildman–Crippen MR) is 73.1 cm³/mol. The average Bonchev–Trinajstić information content (AvgIpc) is 2.86. The fraction of sp³-hybridized carbons (Fsp3) is 0.308. The molecule has 1 aromatic carbocycles. The first-order valence-corrected chi connectivity index (χ1v) is 6.77. The van der Waals surface area contributed by atoms with Gasteiger partial charge in [0.25, 0.3) is 5.91 Å². The Morgan fingerprint density at radius 3 is 2.44 bits per heavy atom. The lowest BCUT2D eigenvalue weighted by Gasteiger charge is -2.02. The minimum Gasteiger partial charge on any atom is -0.296 e. The number of nitrogens with zero attached hydrogens (tertiary/aromatic N) is 2. The zero-order valence-corrected chi connectivity index (χ0v) is 11.3. The van der Waals surface area contributed by atoms with Crippen LogP contribution in [0.5, 0.6) is 0 Å². The van der Waals surface area contributed by atoms with E-state index in [4.69, 9.17) is 0 Å². The van der Waals surface area contributed by atoms with Crippen molar-refractivity contribution in [3.05, 3.63) is 40.4 Å². The quantitative estimate of drug-likeness (QED) is 0.920. The van der Waals surface area contributed by atoms with Gasteiger partial charge in [-0.1, -0.05) is 37.3 Å². The van der Waals surface area contributed by atoms with Crippen molar-refractivity contribution in [3.63, 3.8) is 0 Å². The Kier molecular flexibility index (Phi) is 4.04. The van der Waals surface area contributed by atoms with Crippen LogP contribution < -0.4 is 5.32 Å². The summed E-state index contributed by atoms with van der Waals surface area (Å²) in [7, 11) is 0. The van der Waals surface area contributed by atoms with Crippen LogP contribution in [0.3, 0.4) is 0 Å². The summed E-state index contributed by atoms with van der Waals surface area (Å²) in [6, 6.07) is 7.59. The van der Waals surface area contributed by atoms with Gasteiger partial charge in [-0.2, -0.15) is 0 Å². The second-order valence-electron chi connectivity index (χ2n) is 3.86. The van der Waals surface area contributed by atoms with Gasteiger partial charge in [0.15, 0.2) is 0 Å². The monoisotopic (exact) mass is 261 g/mol. The molecule has 4 nitrogen and oxygen atoms in total. The van der Waals surface area contributed by atoms with Gasteiger partial charge in [0, 0.05) is 5.56 Å². The zero-order chi connectivity index (χ0) is 13.0. The van der Waals surface area contributed by atoms with Crippen LogP contribution in [0.2, 0.25) is 0 Å². The Bertz CT molecular complexity index is 533. The number of carbonyl (C=O) groups is 1. The lowest BCUT2D eigenvalue weighted by molar-refractivity contribution is 0.102. The highest BCUT2D eigenvalue weighted by molar-refractivity contribution is 7.15. The number of rotatable bonds is 4. The lowest BCUT2D eigenvalue weighted by Crippen LogP contribution is -2.11. The number of aromatic nitrogens is 2. The van der Waals surface area contributed by atoms with Crippen LogP contribution in [0.15, 0.2) is 24.3 Å². The van der Waals surface area contributed by atoms with Gasteiger partial charge < -0.3 is 0 Å². The molecule has 5 heteroatoms. The van der Waals surface area contributed by atoms with E-state index < -0.39 is 0 Å². The number of hydrogen-bond donors (Lipinski definition) is 1. The molecule has 18 heavy (non-hydrogen) atoms. The molecular weight excluding hydrogens is 246 g/mol. The van der Waals surface area contributed by atoms with Crippen molar-refractivity contribution in [1.82, 2.24) is 10.2 Å². The van der Waals surface area contributed by atoms with E-state index in [9.17, 15) is 4.79 Å². The smallest absolute Gasteiger partial charge is 0.257 e. The van der Waals surface area contributed by atoms with E-state index in [2.05, 4.69) is 22.4 Å². The minimum absolute atomic E-state index is 0.142. The van der Waals surface area contributed by atoms with Crippen LogP contribution in [0.4, 0.5) is 5.13 Å². The number of hydrogen-bond acceptors (Lipinski definition) is 4. The molecule has 1 N–H and O–H groups in total. The van der Waals surface area contributed by atoms with Crippen molar-refractivity contribution in [1.29, 1.82) is 0 Å². The molecule has 2 rings (SSSR count). The van der Waals surface area contributed by atoms with Gasteiger partial charge in [-0.15, -0.1) is 10.2 Å². The number of nitrogens with one attached hydrogen (secondary N) is 1. The standard InChI is InChI=1S/C13H15N3OS/c1-3-9-5-7-10(8-6-9)12(17)14-13-16-15-11(4-2)18-13/h5-8H,3-4H2,1-2H3,(H,14,16,17). The fourth-order valence-corrected chi connectivity index (χ4v) is 2.18. The second kappa shape index (κ2) is 5.73. The molecule has 0 radical (unpaired) electrons. The normalized spacial score (nSPS) is 10.3. The highest BCUT2D eigenvalue weighted by Crippen LogP contribution is 2.16. The number of aryl methyl sites for hydroxylation is 2. The SMILES string of the molecule is CCc1ccc(C(=O)Nc2nnc(CC)s2)cc1. The van der Waals surface area contributed by atoms with E-state index in [-0.39, 0.29) is 5.91 Å². The van der Waals surface area contributed by atoms with Crippen LogP contribution in [0, 0.1) is 0 Å². The highest BCUT2D eigenvalue weighted by Gasteiger charge is 2.09. The number of carbonyl (C=O) groups excluding carboxylic acids is 1. The molecule has 0 unspecified atom stereocenters. The molecule has 0 spiro atoms. The summed E-state index contributed by atoms with van der Waals surface area (Å²) in [5.41, 5.74) is 1.86. The molecule has 0 bridgehead atoms. The molecule has 1 heterocycles. The number of anilines is 1. The third-order valence-electron chi connectivity index (χ3n) is 2.61. The number of amides is 1. The van der Waals surface area contributed by atoms with Gasteiger partial charge >= 0.3 is 0 Å². The maximum Gasteiger partial charge on any atom is 0.257 e. The Labute approximate surface area is 110 Å². The van der Waals surface area contributed by atoms with E-state index in [0.29, 0.717) is 10.7 Å². The Morgan fingerprint density at radius 2 is 1.89 bits per heavy atom. The highest BCUT2D eigenvalue weighted by atomic mass is 32.1. The molecule has 1 amide bonds. The Balaban J connectivity index is 2.06. The predicted octanol–water partition coefficient (Wildman–Crippen LogP) is 2.92. The summed E-state index contributed by atoms with van der Waals surface area (Å²) in [5.74, 6) is -0.142. The van der Waals surface area contributed by atoms with Gasteiger partial charge in [0.05, 0.1) is 0 Å². The summed E-state index contributed by atoms with van der Waals surface area (Å²) in [4.78, 5) is 11.9. The first-order valence-electron chi connectivity index (χ1n) is 5.95. The molecule has 94 valence electrons. The zero-order valence-electron chi connectivity index (χ0n) is 10.4. The Hall–Kier alpha value is -1.75. The van der Waals surface area contributed by atoms with Crippen LogP contribution in [-0.4, -0.2) is 16.1 Å². The molecule has 0 atom stereocenters. The topological polar surface area (TPSA) is 54.9 Å². The van der Waals surface area contributed by atoms with Crippen LogP contribution >= 0.6 is 11.3 Å². The fourth-order valence-electron chi connectivity index (χ4n) is 1.51. The van der Waals surface area contributed by atoms with Crippen molar-refractivity contribution in [2.45, 2.75) is 26.7 Å². The van der Waals surface area contributed by atoms with Crippen molar-refractivity contribution < 1.29 is 4.79 Å². The molecular formula is C13H15N3OS. The molecule has 0 aliphatic heterocycles. The molecule has 2 aromatic rings. The number of benzene rings is 1. The molecule has 1 aromatic heterocycles. The molecule has 0 fully saturated rings. The maximum atomic E-state index is 11.9. The molecule has 0 saturated carbocycles. The molecule has 0 saturated heterocycles. The van der Waals surface area contributed by atoms with E-state index in [1.807, 2.05) is 31.2 Å². The summed E-state index contributed by atoms with van der Waals surface area (Å²) in [6.07, 6.45) is 1.80. The van der Waals surface area contributed by atoms with E-state index in [0.717, 1.165) is 17.8 Å². The van der Waals surface area contributed by atoms with Gasteiger partial charge in [0.2, 0.25) is 5.13 Å². The third kappa shape index (κ3) is 2.92. The first kappa shape index (κ1) is 12.7. The minimum atomic E-state index is -0.142. The first-order chi connectivity index (χ1) is 8.72. The maximum absolute atomic E-state index is 11.9. The van der Waals surface area contributed by atoms with E-state index in [1.54, 1.807) is 0 Å². The molecule has 0 aliphatic carbocycles. The average molecular weight is 261 g/mol. The van der Waals surface area contributed by atoms with Gasteiger partial charge in [-0.25, -0.2) is 0 Å². The van der Waals surface area contributed by atoms with Crippen LogP contribution in [0.1, 0.15) is 34.8 Å². The summed E-state index contributed by atoms with van der Waals surface area (Å²) < 4.78 is 0. The van der Waals surface area contributed by atoms with Gasteiger partial charge in [0.1, 0.15) is 5.01 Å². The Morgan fingerprint density at radius 1 is 1.17 bits per heavy atom. The summed E-state index contributed by atoms with van der Waals surface area (Å²) in [6.45, 7) is 4.10. The van der Waals surface area contributed by atoms with Crippen LogP contribution in [0.25, 0.3) is 0 Å². The summed E-state index contributed by atoms with van der Waals surface area (Å²) >= 11 is 1.41. The molecule has 0 aliphatic rings. The van der Waals surface area contributed by atoms with Gasteiger partial charge in [-0.05, 0) is 30.5 Å². The lowest BCUT2D eigenvalue weighted by atomic mass is 10.1. The third-order valence-corrected chi connectivity index (χ3v) is 3.60. The second-order valence-corrected chi connectivity index (χ2v) is 4.92. The van der Waals surface area contributed by atoms with Gasteiger partial charge in [-0.3, -0.25) is 10.1 Å². The largest absolute Gasteiger partial charge is 0.296 e. The van der Waals surface area contributed by atoms with E-state index >= 15 is 0 Å². The van der Waals surface area contributed by atoms with Crippen molar-refractivity contribution in [2.75, 3.05) is 5.32 Å². The van der Waals surface area contributed by atoms with Crippen molar-refractivity contribution in [2.24, 2.45) is 0 Å². The van der Waals surface area contributed by atoms with E-state index in [1.165, 1.54) is 16.9 Å². The van der Waals surface area contributed by atoms with Crippen molar-refractivity contribution >= 4 is 22.4 Å².